The topological polar surface area (TPSA) is 42.0 Å². The number of amides is 1. The second kappa shape index (κ2) is 5.78. The average Bonchev–Trinajstić information content (AvgIpc) is 3.14. The Bertz CT molecular complexity index is 981. The Labute approximate surface area is 157 Å². The summed E-state index contributed by atoms with van der Waals surface area (Å²) in [5.74, 6) is 0.455. The third kappa shape index (κ3) is 2.12. The van der Waals surface area contributed by atoms with Crippen molar-refractivity contribution < 1.29 is 4.79 Å². The molecule has 3 atom stereocenters. The van der Waals surface area contributed by atoms with Crippen molar-refractivity contribution in [3.63, 3.8) is 0 Å². The van der Waals surface area contributed by atoms with Gasteiger partial charge in [0.15, 0.2) is 5.13 Å². The summed E-state index contributed by atoms with van der Waals surface area (Å²) in [6, 6.07) is 17.5. The molecule has 0 radical (unpaired) electrons. The summed E-state index contributed by atoms with van der Waals surface area (Å²) in [4.78, 5) is 17.8. The van der Waals surface area contributed by atoms with E-state index in [2.05, 4.69) is 65.8 Å². The highest BCUT2D eigenvalue weighted by Crippen LogP contribution is 2.59. The highest BCUT2D eigenvalue weighted by molar-refractivity contribution is 7.13. The molecule has 3 aliphatic carbocycles. The molecular formula is C22H20N2OS. The number of nitrogens with zero attached hydrogens (tertiary/aromatic N) is 1. The first kappa shape index (κ1) is 15.8. The minimum Gasteiger partial charge on any atom is -0.301 e. The largest absolute Gasteiger partial charge is 0.301 e. The van der Waals surface area contributed by atoms with Crippen LogP contribution in [0.15, 0.2) is 60.1 Å². The maximum absolute atomic E-state index is 13.5. The molecule has 3 aliphatic rings. The van der Waals surface area contributed by atoms with Gasteiger partial charge in [-0.3, -0.25) is 4.79 Å². The van der Waals surface area contributed by atoms with Gasteiger partial charge in [0, 0.05) is 23.4 Å². The lowest BCUT2D eigenvalue weighted by Crippen LogP contribution is -2.44. The molecule has 3 unspecified atom stereocenters. The van der Waals surface area contributed by atoms with Gasteiger partial charge in [0.1, 0.15) is 0 Å². The minimum atomic E-state index is -0.458. The first-order valence-electron chi connectivity index (χ1n) is 9.12. The van der Waals surface area contributed by atoms with Gasteiger partial charge in [0.2, 0.25) is 5.91 Å². The van der Waals surface area contributed by atoms with Gasteiger partial charge in [-0.1, -0.05) is 55.5 Å². The molecule has 3 nitrogen and oxygen atoms in total. The van der Waals surface area contributed by atoms with Crippen molar-refractivity contribution >= 4 is 22.4 Å². The summed E-state index contributed by atoms with van der Waals surface area (Å²) in [6.45, 7) is 2.15. The van der Waals surface area contributed by atoms with Crippen molar-refractivity contribution in [2.75, 3.05) is 5.32 Å². The van der Waals surface area contributed by atoms with Gasteiger partial charge in [-0.25, -0.2) is 4.98 Å². The predicted octanol–water partition coefficient (Wildman–Crippen LogP) is 5.16. The van der Waals surface area contributed by atoms with Gasteiger partial charge in [0.05, 0.1) is 5.41 Å². The Morgan fingerprint density at radius 3 is 2.77 bits per heavy atom. The van der Waals surface area contributed by atoms with E-state index in [9.17, 15) is 4.79 Å². The smallest absolute Gasteiger partial charge is 0.233 e. The molecule has 130 valence electrons. The number of anilines is 1. The van der Waals surface area contributed by atoms with Crippen molar-refractivity contribution in [1.82, 2.24) is 4.98 Å². The highest BCUT2D eigenvalue weighted by Gasteiger charge is 2.53. The van der Waals surface area contributed by atoms with E-state index in [0.717, 1.165) is 12.8 Å². The van der Waals surface area contributed by atoms with E-state index in [4.69, 9.17) is 0 Å². The van der Waals surface area contributed by atoms with Gasteiger partial charge in [-0.15, -0.1) is 11.3 Å². The third-order valence-electron chi connectivity index (χ3n) is 6.19. The van der Waals surface area contributed by atoms with Crippen LogP contribution in [0.3, 0.4) is 0 Å². The van der Waals surface area contributed by atoms with E-state index in [0.29, 0.717) is 5.13 Å². The molecule has 2 aromatic carbocycles. The van der Waals surface area contributed by atoms with Crippen LogP contribution in [-0.4, -0.2) is 10.9 Å². The number of fused-ring (bicyclic) bond motifs is 1. The minimum absolute atomic E-state index is 0.0855. The highest BCUT2D eigenvalue weighted by atomic mass is 32.1. The molecule has 0 saturated carbocycles. The van der Waals surface area contributed by atoms with E-state index in [1.54, 1.807) is 6.20 Å². The molecule has 3 aromatic rings. The fraction of sp³-hybridized carbons (Fsp3) is 0.273. The number of carbonyl (C=O) groups is 1. The average molecular weight is 360 g/mol. The molecular weight excluding hydrogens is 340 g/mol. The second-order valence-electron chi connectivity index (χ2n) is 7.29. The molecule has 26 heavy (non-hydrogen) atoms. The summed E-state index contributed by atoms with van der Waals surface area (Å²) in [5.41, 5.74) is 4.81. The maximum Gasteiger partial charge on any atom is 0.233 e. The standard InChI is InChI=1S/C22H20N2OS/c1-2-22(20(25)24-21-23-10-11-26-21)13-18-14-6-5-7-15(12-14)19(22)17-9-4-3-8-16(17)18/h3-12,18-19H,2,13H2,1H3,(H,23,24,25). The molecule has 1 heterocycles. The summed E-state index contributed by atoms with van der Waals surface area (Å²) < 4.78 is 0. The predicted molar refractivity (Wildman–Crippen MR) is 105 cm³/mol. The van der Waals surface area contributed by atoms with Crippen LogP contribution in [0.2, 0.25) is 0 Å². The Balaban J connectivity index is 1.70. The summed E-state index contributed by atoms with van der Waals surface area (Å²) in [6.07, 6.45) is 3.38. The van der Waals surface area contributed by atoms with E-state index < -0.39 is 5.41 Å². The lowest BCUT2D eigenvalue weighted by atomic mass is 9.58. The van der Waals surface area contributed by atoms with Crippen molar-refractivity contribution in [3.05, 3.63) is 82.4 Å². The number of thiazole rings is 1. The first-order chi connectivity index (χ1) is 12.7. The van der Waals surface area contributed by atoms with Crippen LogP contribution < -0.4 is 5.32 Å². The van der Waals surface area contributed by atoms with Crippen LogP contribution in [0.25, 0.3) is 0 Å². The van der Waals surface area contributed by atoms with Crippen LogP contribution in [0.5, 0.6) is 0 Å². The van der Waals surface area contributed by atoms with Gasteiger partial charge in [-0.2, -0.15) is 0 Å². The van der Waals surface area contributed by atoms with Crippen molar-refractivity contribution in [2.45, 2.75) is 31.6 Å². The number of rotatable bonds is 3. The summed E-state index contributed by atoms with van der Waals surface area (Å²) in [5, 5.41) is 5.68. The molecule has 4 heteroatoms. The normalized spacial score (nSPS) is 25.4. The monoisotopic (exact) mass is 360 g/mol. The van der Waals surface area contributed by atoms with Crippen LogP contribution in [0.4, 0.5) is 5.13 Å². The number of nitrogens with one attached hydrogen (secondary N) is 1. The third-order valence-corrected chi connectivity index (χ3v) is 6.87. The molecule has 0 saturated heterocycles. The van der Waals surface area contributed by atoms with Crippen LogP contribution in [0, 0.1) is 5.41 Å². The molecule has 0 spiro atoms. The fourth-order valence-corrected chi connectivity index (χ4v) is 5.50. The summed E-state index contributed by atoms with van der Waals surface area (Å²) in [7, 11) is 0. The van der Waals surface area contributed by atoms with Crippen molar-refractivity contribution in [2.24, 2.45) is 5.41 Å². The van der Waals surface area contributed by atoms with Gasteiger partial charge < -0.3 is 5.32 Å². The molecule has 6 rings (SSSR count). The van der Waals surface area contributed by atoms with Crippen molar-refractivity contribution in [3.8, 4) is 0 Å². The molecule has 0 aliphatic heterocycles. The number of benzene rings is 2. The SMILES string of the molecule is CCC1(C(=O)Nc2nccs2)CC2c3cccc(c3)C1c1ccccc12. The first-order valence-corrected chi connectivity index (χ1v) is 10.0. The lowest BCUT2D eigenvalue weighted by molar-refractivity contribution is -0.127. The van der Waals surface area contributed by atoms with E-state index in [1.807, 2.05) is 5.38 Å². The maximum atomic E-state index is 13.5. The Morgan fingerprint density at radius 2 is 2.00 bits per heavy atom. The van der Waals surface area contributed by atoms with Crippen LogP contribution >= 0.6 is 11.3 Å². The van der Waals surface area contributed by atoms with E-state index in [1.165, 1.54) is 33.6 Å². The second-order valence-corrected chi connectivity index (χ2v) is 8.18. The zero-order chi connectivity index (χ0) is 17.7. The van der Waals surface area contributed by atoms with Gasteiger partial charge in [0.25, 0.3) is 0 Å². The zero-order valence-corrected chi connectivity index (χ0v) is 15.4. The quantitative estimate of drug-likeness (QED) is 0.701. The Kier molecular flexibility index (Phi) is 3.50. The molecule has 1 amide bonds. The Hall–Kier alpha value is -2.46. The van der Waals surface area contributed by atoms with Crippen LogP contribution in [-0.2, 0) is 4.79 Å². The van der Waals surface area contributed by atoms with Gasteiger partial charge >= 0.3 is 0 Å². The van der Waals surface area contributed by atoms with Crippen molar-refractivity contribution in [1.29, 1.82) is 0 Å². The lowest BCUT2D eigenvalue weighted by Gasteiger charge is -2.44. The fourth-order valence-electron chi connectivity index (χ4n) is 4.97. The summed E-state index contributed by atoms with van der Waals surface area (Å²) >= 11 is 1.47. The van der Waals surface area contributed by atoms with Gasteiger partial charge in [-0.05, 0) is 35.1 Å². The zero-order valence-electron chi connectivity index (χ0n) is 14.6. The number of aromatic nitrogens is 1. The van der Waals surface area contributed by atoms with E-state index >= 15 is 0 Å². The molecule has 0 fully saturated rings. The number of carbonyl (C=O) groups excluding carboxylic acids is 1. The number of hydrogen-bond donors (Lipinski definition) is 1. The Morgan fingerprint density at radius 1 is 1.19 bits per heavy atom. The molecule has 4 bridgehead atoms. The molecule has 1 aromatic heterocycles. The number of hydrogen-bond acceptors (Lipinski definition) is 3. The van der Waals surface area contributed by atoms with Crippen LogP contribution in [0.1, 0.15) is 53.9 Å². The molecule has 1 N–H and O–H groups in total. The van der Waals surface area contributed by atoms with E-state index in [-0.39, 0.29) is 17.7 Å².